The SMILES string of the molecule is CN1CCC(N(C)C(=O)/C=C/c2ccc(F)cc2)CC1. The fourth-order valence-electron chi connectivity index (χ4n) is 2.42. The van der Waals surface area contributed by atoms with E-state index in [4.69, 9.17) is 0 Å². The van der Waals surface area contributed by atoms with E-state index in [1.807, 2.05) is 11.9 Å². The van der Waals surface area contributed by atoms with Gasteiger partial charge in [-0.1, -0.05) is 12.1 Å². The zero-order valence-corrected chi connectivity index (χ0v) is 12.1. The van der Waals surface area contributed by atoms with Crippen LogP contribution in [0.4, 0.5) is 4.39 Å². The molecular weight excluding hydrogens is 255 g/mol. The molecule has 1 amide bonds. The molecule has 1 saturated heterocycles. The van der Waals surface area contributed by atoms with Crippen LogP contribution in [0.15, 0.2) is 30.3 Å². The molecule has 108 valence electrons. The van der Waals surface area contributed by atoms with E-state index >= 15 is 0 Å². The molecule has 0 atom stereocenters. The van der Waals surface area contributed by atoms with E-state index in [1.54, 1.807) is 24.3 Å². The predicted molar refractivity (Wildman–Crippen MR) is 78.7 cm³/mol. The van der Waals surface area contributed by atoms with Gasteiger partial charge in [-0.15, -0.1) is 0 Å². The minimum atomic E-state index is -0.267. The van der Waals surface area contributed by atoms with Gasteiger partial charge in [0.15, 0.2) is 0 Å². The maximum atomic E-state index is 12.8. The lowest BCUT2D eigenvalue weighted by Gasteiger charge is -2.34. The van der Waals surface area contributed by atoms with Gasteiger partial charge in [-0.05, 0) is 56.8 Å². The third kappa shape index (κ3) is 3.90. The number of likely N-dealkylation sites (N-methyl/N-ethyl adjacent to an activating group) is 1. The highest BCUT2D eigenvalue weighted by molar-refractivity contribution is 5.91. The van der Waals surface area contributed by atoms with Crippen LogP contribution in [0.3, 0.4) is 0 Å². The zero-order valence-electron chi connectivity index (χ0n) is 12.1. The lowest BCUT2D eigenvalue weighted by molar-refractivity contribution is -0.127. The number of likely N-dealkylation sites (tertiary alicyclic amines) is 1. The molecule has 0 saturated carbocycles. The Kier molecular flexibility index (Phi) is 4.90. The number of carbonyl (C=O) groups excluding carboxylic acids is 1. The van der Waals surface area contributed by atoms with Crippen LogP contribution >= 0.6 is 0 Å². The molecule has 1 fully saturated rings. The Morgan fingerprint density at radius 1 is 1.30 bits per heavy atom. The summed E-state index contributed by atoms with van der Waals surface area (Å²) in [6, 6.07) is 6.43. The van der Waals surface area contributed by atoms with E-state index in [9.17, 15) is 9.18 Å². The summed E-state index contributed by atoms with van der Waals surface area (Å²) in [5, 5.41) is 0. The van der Waals surface area contributed by atoms with E-state index in [1.165, 1.54) is 12.1 Å². The number of hydrogen-bond acceptors (Lipinski definition) is 2. The van der Waals surface area contributed by atoms with Gasteiger partial charge >= 0.3 is 0 Å². The molecule has 0 unspecified atom stereocenters. The lowest BCUT2D eigenvalue weighted by atomic mass is 10.0. The van der Waals surface area contributed by atoms with Crippen LogP contribution < -0.4 is 0 Å². The molecule has 0 N–H and O–H groups in total. The van der Waals surface area contributed by atoms with Crippen molar-refractivity contribution in [3.8, 4) is 0 Å². The number of halogens is 1. The summed E-state index contributed by atoms with van der Waals surface area (Å²) in [7, 11) is 3.96. The van der Waals surface area contributed by atoms with Gasteiger partial charge in [0.25, 0.3) is 0 Å². The van der Waals surface area contributed by atoms with Crippen molar-refractivity contribution in [2.24, 2.45) is 0 Å². The Balaban J connectivity index is 1.92. The minimum absolute atomic E-state index is 0.00359. The average molecular weight is 276 g/mol. The Morgan fingerprint density at radius 2 is 1.90 bits per heavy atom. The second-order valence-corrected chi connectivity index (χ2v) is 5.37. The Hall–Kier alpha value is -1.68. The van der Waals surface area contributed by atoms with Crippen LogP contribution in [0.1, 0.15) is 18.4 Å². The summed E-state index contributed by atoms with van der Waals surface area (Å²) in [5.41, 5.74) is 0.830. The highest BCUT2D eigenvalue weighted by atomic mass is 19.1. The molecule has 0 aromatic heterocycles. The minimum Gasteiger partial charge on any atom is -0.339 e. The molecule has 0 aliphatic carbocycles. The van der Waals surface area contributed by atoms with E-state index in [-0.39, 0.29) is 11.7 Å². The van der Waals surface area contributed by atoms with Gasteiger partial charge in [0.2, 0.25) is 5.91 Å². The van der Waals surface area contributed by atoms with Gasteiger partial charge in [-0.25, -0.2) is 4.39 Å². The van der Waals surface area contributed by atoms with Crippen molar-refractivity contribution in [2.45, 2.75) is 18.9 Å². The van der Waals surface area contributed by atoms with Gasteiger partial charge < -0.3 is 9.80 Å². The van der Waals surface area contributed by atoms with Crippen molar-refractivity contribution in [3.63, 3.8) is 0 Å². The fraction of sp³-hybridized carbons (Fsp3) is 0.438. The Labute approximate surface area is 119 Å². The third-order valence-corrected chi connectivity index (χ3v) is 3.87. The lowest BCUT2D eigenvalue weighted by Crippen LogP contribution is -2.43. The molecule has 0 spiro atoms. The van der Waals surface area contributed by atoms with Crippen LogP contribution in [0, 0.1) is 5.82 Å². The van der Waals surface area contributed by atoms with E-state index in [0.717, 1.165) is 31.5 Å². The molecule has 1 aromatic carbocycles. The largest absolute Gasteiger partial charge is 0.339 e. The smallest absolute Gasteiger partial charge is 0.246 e. The van der Waals surface area contributed by atoms with E-state index < -0.39 is 0 Å². The molecule has 3 nitrogen and oxygen atoms in total. The average Bonchev–Trinajstić information content (AvgIpc) is 2.46. The topological polar surface area (TPSA) is 23.6 Å². The molecule has 2 rings (SSSR count). The first-order valence-corrected chi connectivity index (χ1v) is 6.95. The quantitative estimate of drug-likeness (QED) is 0.791. The van der Waals surface area contributed by atoms with Crippen LogP contribution in [0.5, 0.6) is 0 Å². The molecular formula is C16H21FN2O. The summed E-state index contributed by atoms with van der Waals surface area (Å²) < 4.78 is 12.8. The van der Waals surface area contributed by atoms with Crippen molar-refractivity contribution in [1.82, 2.24) is 9.80 Å². The van der Waals surface area contributed by atoms with E-state index in [2.05, 4.69) is 11.9 Å². The van der Waals surface area contributed by atoms with Crippen molar-refractivity contribution in [3.05, 3.63) is 41.7 Å². The first-order chi connectivity index (χ1) is 9.56. The second kappa shape index (κ2) is 6.66. The zero-order chi connectivity index (χ0) is 14.5. The first kappa shape index (κ1) is 14.7. The van der Waals surface area contributed by atoms with Gasteiger partial charge in [0, 0.05) is 19.2 Å². The van der Waals surface area contributed by atoms with Gasteiger partial charge in [0.1, 0.15) is 5.82 Å². The van der Waals surface area contributed by atoms with E-state index in [0.29, 0.717) is 6.04 Å². The van der Waals surface area contributed by atoms with Crippen molar-refractivity contribution in [2.75, 3.05) is 27.2 Å². The highest BCUT2D eigenvalue weighted by Gasteiger charge is 2.22. The number of benzene rings is 1. The summed E-state index contributed by atoms with van der Waals surface area (Å²) in [4.78, 5) is 16.2. The Bertz CT molecular complexity index is 476. The summed E-state index contributed by atoms with van der Waals surface area (Å²) in [5.74, 6) is -0.263. The Morgan fingerprint density at radius 3 is 2.50 bits per heavy atom. The van der Waals surface area contributed by atoms with Crippen LogP contribution in [-0.2, 0) is 4.79 Å². The maximum Gasteiger partial charge on any atom is 0.246 e. The molecule has 1 aromatic rings. The molecule has 20 heavy (non-hydrogen) atoms. The molecule has 1 aliphatic rings. The maximum absolute atomic E-state index is 12.8. The number of carbonyl (C=O) groups is 1. The fourth-order valence-corrected chi connectivity index (χ4v) is 2.42. The summed E-state index contributed by atoms with van der Waals surface area (Å²) in [6.07, 6.45) is 5.32. The molecule has 0 radical (unpaired) electrons. The van der Waals surface area contributed by atoms with Gasteiger partial charge in [-0.3, -0.25) is 4.79 Å². The number of rotatable bonds is 3. The highest BCUT2D eigenvalue weighted by Crippen LogP contribution is 2.14. The second-order valence-electron chi connectivity index (χ2n) is 5.37. The molecule has 1 aliphatic heterocycles. The number of nitrogens with zero attached hydrogens (tertiary/aromatic N) is 2. The third-order valence-electron chi connectivity index (χ3n) is 3.87. The van der Waals surface area contributed by atoms with Crippen LogP contribution in [0.25, 0.3) is 6.08 Å². The standard InChI is InChI=1S/C16H21FN2O/c1-18-11-9-15(10-12-18)19(2)16(20)8-5-13-3-6-14(17)7-4-13/h3-8,15H,9-12H2,1-2H3/b8-5+. The summed E-state index contributed by atoms with van der Waals surface area (Å²) in [6.45, 7) is 2.06. The number of piperidine rings is 1. The molecule has 1 heterocycles. The van der Waals surface area contributed by atoms with Crippen molar-refractivity contribution < 1.29 is 9.18 Å². The first-order valence-electron chi connectivity index (χ1n) is 6.95. The summed E-state index contributed by atoms with van der Waals surface area (Å²) >= 11 is 0. The van der Waals surface area contributed by atoms with Crippen molar-refractivity contribution >= 4 is 12.0 Å². The predicted octanol–water partition coefficient (Wildman–Crippen LogP) is 2.39. The monoisotopic (exact) mass is 276 g/mol. The number of hydrogen-bond donors (Lipinski definition) is 0. The van der Waals surface area contributed by atoms with Crippen molar-refractivity contribution in [1.29, 1.82) is 0 Å². The van der Waals surface area contributed by atoms with Gasteiger partial charge in [0.05, 0.1) is 0 Å². The molecule has 0 bridgehead atoms. The number of amides is 1. The van der Waals surface area contributed by atoms with Crippen LogP contribution in [0.2, 0.25) is 0 Å². The molecule has 4 heteroatoms. The normalized spacial score (nSPS) is 17.6. The van der Waals surface area contributed by atoms with Gasteiger partial charge in [-0.2, -0.15) is 0 Å². The van der Waals surface area contributed by atoms with Crippen LogP contribution in [-0.4, -0.2) is 48.9 Å².